The van der Waals surface area contributed by atoms with Crippen LogP contribution in [0.5, 0.6) is 0 Å². The summed E-state index contributed by atoms with van der Waals surface area (Å²) in [5.41, 5.74) is 10.3. The molecule has 0 atom stereocenters. The van der Waals surface area contributed by atoms with E-state index >= 15 is 0 Å². The second kappa shape index (κ2) is 9.29. The first-order valence-electron chi connectivity index (χ1n) is 16.5. The molecule has 0 spiro atoms. The molecule has 1 nitrogen and oxygen atoms in total. The summed E-state index contributed by atoms with van der Waals surface area (Å²) in [6.45, 7) is 0. The van der Waals surface area contributed by atoms with E-state index in [1.807, 2.05) is 12.1 Å². The number of rotatable bonds is 2. The van der Waals surface area contributed by atoms with Crippen LogP contribution >= 0.6 is 0 Å². The predicted octanol–water partition coefficient (Wildman–Crippen LogP) is 12.9. The van der Waals surface area contributed by atoms with Crippen molar-refractivity contribution in [3.63, 3.8) is 0 Å². The van der Waals surface area contributed by atoms with Gasteiger partial charge in [0.25, 0.3) is 0 Å². The van der Waals surface area contributed by atoms with Gasteiger partial charge in [0.05, 0.1) is 11.6 Å². The molecule has 1 heteroatoms. The first-order chi connectivity index (χ1) is 23.7. The van der Waals surface area contributed by atoms with E-state index in [1.165, 1.54) is 86.9 Å². The minimum Gasteiger partial charge on any atom is -0.192 e. The molecular formula is C47H25N. The maximum Gasteiger partial charge on any atom is 0.0992 e. The molecule has 0 aromatic heterocycles. The van der Waals surface area contributed by atoms with E-state index in [1.54, 1.807) is 0 Å². The van der Waals surface area contributed by atoms with Gasteiger partial charge in [-0.25, -0.2) is 0 Å². The molecule has 1 aliphatic rings. The topological polar surface area (TPSA) is 23.8 Å². The molecule has 0 N–H and O–H groups in total. The van der Waals surface area contributed by atoms with Gasteiger partial charge in [-0.2, -0.15) is 5.26 Å². The van der Waals surface area contributed by atoms with Crippen LogP contribution in [0.25, 0.3) is 109 Å². The molecule has 218 valence electrons. The van der Waals surface area contributed by atoms with Crippen molar-refractivity contribution in [1.82, 2.24) is 0 Å². The van der Waals surface area contributed by atoms with Crippen molar-refractivity contribution in [1.29, 1.82) is 5.26 Å². The van der Waals surface area contributed by atoms with Gasteiger partial charge >= 0.3 is 0 Å². The third kappa shape index (κ3) is 3.39. The summed E-state index contributed by atoms with van der Waals surface area (Å²) in [5, 5.41) is 25.4. The molecule has 48 heavy (non-hydrogen) atoms. The van der Waals surface area contributed by atoms with Crippen LogP contribution in [0.4, 0.5) is 0 Å². The van der Waals surface area contributed by atoms with Crippen molar-refractivity contribution in [2.75, 3.05) is 0 Å². The molecule has 0 heterocycles. The van der Waals surface area contributed by atoms with Crippen LogP contribution in [-0.2, 0) is 0 Å². The summed E-state index contributed by atoms with van der Waals surface area (Å²) < 4.78 is 0. The highest BCUT2D eigenvalue weighted by Gasteiger charge is 2.23. The second-order valence-corrected chi connectivity index (χ2v) is 13.2. The van der Waals surface area contributed by atoms with Gasteiger partial charge in [0, 0.05) is 0 Å². The Labute approximate surface area is 276 Å². The van der Waals surface area contributed by atoms with Crippen molar-refractivity contribution >= 4 is 64.6 Å². The lowest BCUT2D eigenvalue weighted by Gasteiger charge is -2.15. The summed E-state index contributed by atoms with van der Waals surface area (Å²) in [5.74, 6) is 0. The van der Waals surface area contributed by atoms with Gasteiger partial charge in [0.1, 0.15) is 0 Å². The zero-order chi connectivity index (χ0) is 31.5. The van der Waals surface area contributed by atoms with Gasteiger partial charge in [-0.05, 0) is 139 Å². The second-order valence-electron chi connectivity index (χ2n) is 13.2. The normalized spacial score (nSPS) is 12.1. The Bertz CT molecular complexity index is 3050. The van der Waals surface area contributed by atoms with E-state index in [9.17, 15) is 5.26 Å². The fourth-order valence-electron chi connectivity index (χ4n) is 8.62. The van der Waals surface area contributed by atoms with Crippen LogP contribution in [0.1, 0.15) is 5.56 Å². The van der Waals surface area contributed by atoms with E-state index in [2.05, 4.69) is 146 Å². The summed E-state index contributed by atoms with van der Waals surface area (Å²) in [6, 6.07) is 57.8. The van der Waals surface area contributed by atoms with Crippen molar-refractivity contribution < 1.29 is 0 Å². The van der Waals surface area contributed by atoms with Crippen molar-refractivity contribution in [3.8, 4) is 50.6 Å². The molecule has 0 bridgehead atoms. The number of nitriles is 1. The number of hydrogen-bond acceptors (Lipinski definition) is 1. The van der Waals surface area contributed by atoms with E-state index in [-0.39, 0.29) is 0 Å². The average Bonchev–Trinajstić information content (AvgIpc) is 3.47. The highest BCUT2D eigenvalue weighted by Crippen LogP contribution is 2.50. The van der Waals surface area contributed by atoms with E-state index in [0.29, 0.717) is 5.56 Å². The largest absolute Gasteiger partial charge is 0.192 e. The zero-order valence-electron chi connectivity index (χ0n) is 25.9. The molecule has 0 unspecified atom stereocenters. The summed E-state index contributed by atoms with van der Waals surface area (Å²) in [4.78, 5) is 0. The smallest absolute Gasteiger partial charge is 0.0992 e. The Morgan fingerprint density at radius 1 is 0.312 bits per heavy atom. The first-order valence-corrected chi connectivity index (χ1v) is 16.5. The monoisotopic (exact) mass is 603 g/mol. The SMILES string of the molecule is N#Cc1cc(-c2ccc3c(ccc4cc5c6c(cccc6c43)-c3ccccc3-5)c2)cc(-c2ccc3ccc4cccc5ccc2c3c45)c1. The van der Waals surface area contributed by atoms with Gasteiger partial charge in [-0.1, -0.05) is 121 Å². The summed E-state index contributed by atoms with van der Waals surface area (Å²) >= 11 is 0. The highest BCUT2D eigenvalue weighted by molar-refractivity contribution is 6.29. The molecule has 0 amide bonds. The van der Waals surface area contributed by atoms with Crippen LogP contribution in [0.15, 0.2) is 152 Å². The molecule has 0 aliphatic heterocycles. The lowest BCUT2D eigenvalue weighted by Crippen LogP contribution is -1.90. The Kier molecular flexibility index (Phi) is 4.97. The van der Waals surface area contributed by atoms with Crippen LogP contribution < -0.4 is 0 Å². The molecule has 1 aliphatic carbocycles. The Morgan fingerprint density at radius 3 is 1.83 bits per heavy atom. The summed E-state index contributed by atoms with van der Waals surface area (Å²) in [6.07, 6.45) is 0. The van der Waals surface area contributed by atoms with Crippen LogP contribution in [0, 0.1) is 11.3 Å². The fraction of sp³-hybridized carbons (Fsp3) is 0. The molecule has 11 rings (SSSR count). The fourth-order valence-corrected chi connectivity index (χ4v) is 8.62. The van der Waals surface area contributed by atoms with E-state index in [0.717, 1.165) is 22.3 Å². The van der Waals surface area contributed by atoms with Gasteiger partial charge in [-0.3, -0.25) is 0 Å². The first kappa shape index (κ1) is 25.7. The van der Waals surface area contributed by atoms with Gasteiger partial charge in [-0.15, -0.1) is 0 Å². The zero-order valence-corrected chi connectivity index (χ0v) is 25.9. The van der Waals surface area contributed by atoms with Crippen molar-refractivity contribution in [2.24, 2.45) is 0 Å². The van der Waals surface area contributed by atoms with E-state index in [4.69, 9.17) is 0 Å². The minimum atomic E-state index is 0.663. The third-order valence-corrected chi connectivity index (χ3v) is 10.7. The Morgan fingerprint density at radius 2 is 0.979 bits per heavy atom. The van der Waals surface area contributed by atoms with Crippen LogP contribution in [0.3, 0.4) is 0 Å². The number of benzene rings is 10. The summed E-state index contributed by atoms with van der Waals surface area (Å²) in [7, 11) is 0. The molecule has 10 aromatic carbocycles. The quantitative estimate of drug-likeness (QED) is 0.180. The van der Waals surface area contributed by atoms with Crippen molar-refractivity contribution in [3.05, 3.63) is 157 Å². The molecule has 0 fully saturated rings. The maximum atomic E-state index is 10.2. The molecule has 0 saturated heterocycles. The standard InChI is InChI=1S/C47H25N/c48-26-27-21-34(24-35(22-27)36-18-15-30-12-11-28-5-3-6-29-16-20-41(36)46(30)44(28)29)31-17-19-37-32(23-31)13-14-33-25-43-39-8-2-1-7-38(39)40-9-4-10-42(45(33)37)47(40)43/h1-25H. The van der Waals surface area contributed by atoms with Gasteiger partial charge in [0.2, 0.25) is 0 Å². The molecule has 10 aromatic rings. The van der Waals surface area contributed by atoms with Crippen molar-refractivity contribution in [2.45, 2.75) is 0 Å². The van der Waals surface area contributed by atoms with Gasteiger partial charge < -0.3 is 0 Å². The minimum absolute atomic E-state index is 0.663. The molecule has 0 radical (unpaired) electrons. The molecule has 0 saturated carbocycles. The lowest BCUT2D eigenvalue weighted by molar-refractivity contribution is 1.48. The van der Waals surface area contributed by atoms with Crippen LogP contribution in [0.2, 0.25) is 0 Å². The lowest BCUT2D eigenvalue weighted by atomic mass is 9.88. The predicted molar refractivity (Wildman–Crippen MR) is 203 cm³/mol. The number of nitrogens with zero attached hydrogens (tertiary/aromatic N) is 1. The Hall–Kier alpha value is -6.49. The maximum absolute atomic E-state index is 10.2. The molecular weight excluding hydrogens is 579 g/mol. The third-order valence-electron chi connectivity index (χ3n) is 10.7. The van der Waals surface area contributed by atoms with Crippen LogP contribution in [-0.4, -0.2) is 0 Å². The number of fused-ring (bicyclic) bond motifs is 7. The van der Waals surface area contributed by atoms with E-state index < -0.39 is 0 Å². The average molecular weight is 604 g/mol. The number of hydrogen-bond donors (Lipinski definition) is 0. The Balaban J connectivity index is 1.11. The highest BCUT2D eigenvalue weighted by atomic mass is 14.3. The van der Waals surface area contributed by atoms with Gasteiger partial charge in [0.15, 0.2) is 0 Å².